The van der Waals surface area contributed by atoms with Gasteiger partial charge in [-0.2, -0.15) is 0 Å². The molecule has 0 radical (unpaired) electrons. The van der Waals surface area contributed by atoms with E-state index in [1.807, 2.05) is 0 Å². The van der Waals surface area contributed by atoms with Crippen LogP contribution in [0.5, 0.6) is 5.75 Å². The molecule has 0 spiro atoms. The Bertz CT molecular complexity index is 556. The lowest BCUT2D eigenvalue weighted by atomic mass is 10.1. The summed E-state index contributed by atoms with van der Waals surface area (Å²) in [6, 6.07) is 5.23. The fourth-order valence-corrected chi connectivity index (χ4v) is 1.47. The summed E-state index contributed by atoms with van der Waals surface area (Å²) in [5.41, 5.74) is 1.30. The standard InChI is InChI=1S/C11H9NO4/c1-15-10-6-8(2-4-12(13)14)7-11-9(10)3-5-16-11/h2-7H,1H3. The van der Waals surface area contributed by atoms with Gasteiger partial charge in [-0.25, -0.2) is 0 Å². The van der Waals surface area contributed by atoms with Crippen molar-refractivity contribution in [2.24, 2.45) is 0 Å². The van der Waals surface area contributed by atoms with Crippen LogP contribution in [0, 0.1) is 10.1 Å². The van der Waals surface area contributed by atoms with Crippen LogP contribution in [0.1, 0.15) is 5.56 Å². The van der Waals surface area contributed by atoms with Crippen LogP contribution >= 0.6 is 0 Å². The zero-order chi connectivity index (χ0) is 11.5. The summed E-state index contributed by atoms with van der Waals surface area (Å²) in [6.07, 6.45) is 3.82. The van der Waals surface area contributed by atoms with E-state index in [0.29, 0.717) is 16.9 Å². The van der Waals surface area contributed by atoms with Gasteiger partial charge in [0.25, 0.3) is 0 Å². The Morgan fingerprint density at radius 3 is 3.00 bits per heavy atom. The summed E-state index contributed by atoms with van der Waals surface area (Å²) in [5, 5.41) is 11.1. The number of hydrogen-bond acceptors (Lipinski definition) is 4. The van der Waals surface area contributed by atoms with Gasteiger partial charge in [0.1, 0.15) is 11.3 Å². The molecule has 0 N–H and O–H groups in total. The molecule has 0 unspecified atom stereocenters. The molecule has 2 rings (SSSR count). The average Bonchev–Trinajstić information content (AvgIpc) is 2.73. The smallest absolute Gasteiger partial charge is 0.235 e. The summed E-state index contributed by atoms with van der Waals surface area (Å²) >= 11 is 0. The second-order valence-corrected chi connectivity index (χ2v) is 3.16. The number of furan rings is 1. The molecule has 2 aromatic rings. The first-order valence-electron chi connectivity index (χ1n) is 4.57. The predicted octanol–water partition coefficient (Wildman–Crippen LogP) is 2.69. The highest BCUT2D eigenvalue weighted by molar-refractivity contribution is 5.86. The third-order valence-corrected chi connectivity index (χ3v) is 2.16. The summed E-state index contributed by atoms with van der Waals surface area (Å²) < 4.78 is 10.4. The number of nitro groups is 1. The summed E-state index contributed by atoms with van der Waals surface area (Å²) in [7, 11) is 1.54. The zero-order valence-electron chi connectivity index (χ0n) is 8.54. The lowest BCUT2D eigenvalue weighted by Crippen LogP contribution is -1.86. The maximum atomic E-state index is 10.2. The first kappa shape index (κ1) is 10.2. The molecule has 1 aromatic heterocycles. The maximum Gasteiger partial charge on any atom is 0.235 e. The van der Waals surface area contributed by atoms with E-state index >= 15 is 0 Å². The van der Waals surface area contributed by atoms with Crippen molar-refractivity contribution in [3.63, 3.8) is 0 Å². The van der Waals surface area contributed by atoms with Crippen LogP contribution in [0.3, 0.4) is 0 Å². The molecule has 5 nitrogen and oxygen atoms in total. The van der Waals surface area contributed by atoms with Crippen molar-refractivity contribution in [1.29, 1.82) is 0 Å². The number of hydrogen-bond donors (Lipinski definition) is 0. The zero-order valence-corrected chi connectivity index (χ0v) is 8.54. The Hall–Kier alpha value is -2.30. The molecular weight excluding hydrogens is 210 g/mol. The molecule has 5 heteroatoms. The highest BCUT2D eigenvalue weighted by Gasteiger charge is 2.06. The average molecular weight is 219 g/mol. The fourth-order valence-electron chi connectivity index (χ4n) is 1.47. The second kappa shape index (κ2) is 4.06. The lowest BCUT2D eigenvalue weighted by molar-refractivity contribution is -0.400. The Labute approximate surface area is 91.1 Å². The van der Waals surface area contributed by atoms with Gasteiger partial charge in [-0.05, 0) is 23.8 Å². The molecule has 0 saturated heterocycles. The summed E-state index contributed by atoms with van der Waals surface area (Å²) in [5.74, 6) is 0.634. The van der Waals surface area contributed by atoms with Gasteiger partial charge in [0.2, 0.25) is 6.20 Å². The van der Waals surface area contributed by atoms with Gasteiger partial charge >= 0.3 is 0 Å². The van der Waals surface area contributed by atoms with Crippen molar-refractivity contribution in [1.82, 2.24) is 0 Å². The van der Waals surface area contributed by atoms with E-state index in [0.717, 1.165) is 11.6 Å². The molecule has 0 saturated carbocycles. The van der Waals surface area contributed by atoms with Crippen LogP contribution in [0.2, 0.25) is 0 Å². The van der Waals surface area contributed by atoms with Gasteiger partial charge in [0, 0.05) is 6.08 Å². The van der Waals surface area contributed by atoms with Crippen LogP contribution in [0.25, 0.3) is 17.0 Å². The minimum atomic E-state index is -0.515. The van der Waals surface area contributed by atoms with Crippen LogP contribution < -0.4 is 4.74 Å². The van der Waals surface area contributed by atoms with Crippen molar-refractivity contribution in [2.45, 2.75) is 0 Å². The van der Waals surface area contributed by atoms with E-state index in [1.54, 1.807) is 31.6 Å². The van der Waals surface area contributed by atoms with Crippen LogP contribution in [0.15, 0.2) is 35.1 Å². The largest absolute Gasteiger partial charge is 0.496 e. The summed E-state index contributed by atoms with van der Waals surface area (Å²) in [4.78, 5) is 9.69. The van der Waals surface area contributed by atoms with Gasteiger partial charge < -0.3 is 9.15 Å². The number of rotatable bonds is 3. The van der Waals surface area contributed by atoms with E-state index in [-0.39, 0.29) is 0 Å². The van der Waals surface area contributed by atoms with Crippen molar-refractivity contribution in [2.75, 3.05) is 7.11 Å². The highest BCUT2D eigenvalue weighted by Crippen LogP contribution is 2.28. The maximum absolute atomic E-state index is 10.2. The Balaban J connectivity index is 2.51. The van der Waals surface area contributed by atoms with Crippen molar-refractivity contribution in [3.05, 3.63) is 46.3 Å². The molecule has 0 aliphatic rings. The van der Waals surface area contributed by atoms with E-state index in [9.17, 15) is 10.1 Å². The lowest BCUT2D eigenvalue weighted by Gasteiger charge is -2.02. The first-order chi connectivity index (χ1) is 7.70. The molecule has 16 heavy (non-hydrogen) atoms. The highest BCUT2D eigenvalue weighted by atomic mass is 16.6. The molecule has 0 aliphatic heterocycles. The minimum Gasteiger partial charge on any atom is -0.496 e. The Morgan fingerprint density at radius 2 is 2.31 bits per heavy atom. The molecule has 0 bridgehead atoms. The van der Waals surface area contributed by atoms with E-state index in [2.05, 4.69) is 0 Å². The van der Waals surface area contributed by atoms with Gasteiger partial charge in [-0.1, -0.05) is 0 Å². The van der Waals surface area contributed by atoms with E-state index in [4.69, 9.17) is 9.15 Å². The number of methoxy groups -OCH3 is 1. The number of nitrogens with zero attached hydrogens (tertiary/aromatic N) is 1. The Morgan fingerprint density at radius 1 is 1.50 bits per heavy atom. The minimum absolute atomic E-state index is 0.515. The van der Waals surface area contributed by atoms with Crippen LogP contribution in [0.4, 0.5) is 0 Å². The van der Waals surface area contributed by atoms with E-state index < -0.39 is 4.92 Å². The fraction of sp³-hybridized carbons (Fsp3) is 0.0909. The van der Waals surface area contributed by atoms with Crippen molar-refractivity contribution in [3.8, 4) is 5.75 Å². The number of ether oxygens (including phenoxy) is 1. The van der Waals surface area contributed by atoms with Crippen molar-refractivity contribution < 1.29 is 14.1 Å². The molecule has 0 amide bonds. The SMILES string of the molecule is COc1cc(C=C[N+](=O)[O-])cc2occc12. The molecule has 0 atom stereocenters. The molecular formula is C11H9NO4. The normalized spacial score (nSPS) is 11.1. The second-order valence-electron chi connectivity index (χ2n) is 3.16. The predicted molar refractivity (Wildman–Crippen MR) is 58.8 cm³/mol. The summed E-state index contributed by atoms with van der Waals surface area (Å²) in [6.45, 7) is 0. The number of fused-ring (bicyclic) bond motifs is 1. The van der Waals surface area contributed by atoms with E-state index in [1.165, 1.54) is 6.08 Å². The topological polar surface area (TPSA) is 65.5 Å². The third-order valence-electron chi connectivity index (χ3n) is 2.16. The number of benzene rings is 1. The monoisotopic (exact) mass is 219 g/mol. The quantitative estimate of drug-likeness (QED) is 0.588. The van der Waals surface area contributed by atoms with Gasteiger partial charge in [0.05, 0.1) is 23.7 Å². The van der Waals surface area contributed by atoms with Gasteiger partial charge in [-0.15, -0.1) is 0 Å². The molecule has 1 aromatic carbocycles. The molecule has 0 aliphatic carbocycles. The van der Waals surface area contributed by atoms with Crippen LogP contribution in [-0.4, -0.2) is 12.0 Å². The first-order valence-corrected chi connectivity index (χ1v) is 4.57. The molecule has 1 heterocycles. The van der Waals surface area contributed by atoms with Gasteiger partial charge in [0.15, 0.2) is 0 Å². The van der Waals surface area contributed by atoms with Crippen molar-refractivity contribution >= 4 is 17.0 Å². The third kappa shape index (κ3) is 1.88. The molecule has 0 fully saturated rings. The molecule has 82 valence electrons. The Kier molecular flexibility index (Phi) is 2.59. The van der Waals surface area contributed by atoms with Crippen LogP contribution in [-0.2, 0) is 0 Å². The van der Waals surface area contributed by atoms with Gasteiger partial charge in [-0.3, -0.25) is 10.1 Å².